The Morgan fingerprint density at radius 3 is 2.72 bits per heavy atom. The second kappa shape index (κ2) is 3.77. The highest BCUT2D eigenvalue weighted by Crippen LogP contribution is 2.34. The Morgan fingerprint density at radius 2 is 2.06 bits per heavy atom. The largest absolute Gasteiger partial charge is 0.416 e. The van der Waals surface area contributed by atoms with E-state index in [-0.39, 0.29) is 5.65 Å². The van der Waals surface area contributed by atoms with Crippen molar-refractivity contribution in [1.82, 2.24) is 20.0 Å². The van der Waals surface area contributed by atoms with E-state index in [1.54, 1.807) is 17.5 Å². The van der Waals surface area contributed by atoms with Gasteiger partial charge in [-0.05, 0) is 34.0 Å². The van der Waals surface area contributed by atoms with Crippen molar-refractivity contribution in [2.75, 3.05) is 0 Å². The number of hydrogen-bond donors (Lipinski definition) is 0. The number of aromatic nitrogens is 4. The average molecular weight is 270 g/mol. The van der Waals surface area contributed by atoms with E-state index in [0.29, 0.717) is 10.6 Å². The molecule has 0 aliphatic rings. The molecule has 0 unspecified atom stereocenters. The van der Waals surface area contributed by atoms with Crippen molar-refractivity contribution in [3.63, 3.8) is 0 Å². The van der Waals surface area contributed by atoms with Crippen LogP contribution in [0, 0.1) is 0 Å². The fourth-order valence-corrected chi connectivity index (χ4v) is 2.34. The van der Waals surface area contributed by atoms with Gasteiger partial charge in [0.15, 0.2) is 5.65 Å². The normalized spacial score (nSPS) is 12.2. The molecule has 0 aliphatic carbocycles. The molecule has 0 aromatic carbocycles. The number of rotatable bonds is 1. The second-order valence-corrected chi connectivity index (χ2v) is 4.50. The lowest BCUT2D eigenvalue weighted by atomic mass is 10.2. The fraction of sp³-hybridized carbons (Fsp3) is 0.100. The average Bonchev–Trinajstić information content (AvgIpc) is 2.97. The van der Waals surface area contributed by atoms with E-state index >= 15 is 0 Å². The summed E-state index contributed by atoms with van der Waals surface area (Å²) in [5.41, 5.74) is -0.346. The van der Waals surface area contributed by atoms with Gasteiger partial charge in [-0.15, -0.1) is 16.4 Å². The van der Waals surface area contributed by atoms with Crippen LogP contribution in [0.25, 0.3) is 16.2 Å². The third-order valence-electron chi connectivity index (χ3n) is 2.40. The van der Waals surface area contributed by atoms with Crippen LogP contribution in [0.15, 0.2) is 29.6 Å². The van der Waals surface area contributed by atoms with Crippen LogP contribution in [-0.4, -0.2) is 20.0 Å². The molecule has 8 heteroatoms. The first kappa shape index (κ1) is 11.1. The summed E-state index contributed by atoms with van der Waals surface area (Å²) in [5, 5.41) is 12.4. The molecule has 0 spiro atoms. The van der Waals surface area contributed by atoms with Gasteiger partial charge < -0.3 is 0 Å². The van der Waals surface area contributed by atoms with Crippen LogP contribution in [-0.2, 0) is 6.18 Å². The van der Waals surface area contributed by atoms with Gasteiger partial charge in [-0.3, -0.25) is 0 Å². The van der Waals surface area contributed by atoms with E-state index in [1.807, 2.05) is 0 Å². The predicted octanol–water partition coefficient (Wildman–Crippen LogP) is 2.87. The van der Waals surface area contributed by atoms with Crippen LogP contribution in [0.4, 0.5) is 13.2 Å². The quantitative estimate of drug-likeness (QED) is 0.683. The molecule has 3 aromatic rings. The topological polar surface area (TPSA) is 43.1 Å². The van der Waals surface area contributed by atoms with Gasteiger partial charge >= 0.3 is 6.18 Å². The zero-order valence-electron chi connectivity index (χ0n) is 8.72. The Kier molecular flexibility index (Phi) is 2.34. The molecule has 4 nitrogen and oxygen atoms in total. The SMILES string of the molecule is FC(F)(F)c1cc(-c2cccs2)n2nnnc2c1. The minimum Gasteiger partial charge on any atom is -0.192 e. The summed E-state index contributed by atoms with van der Waals surface area (Å²) in [6.45, 7) is 0. The molecule has 0 aliphatic heterocycles. The van der Waals surface area contributed by atoms with Gasteiger partial charge in [-0.1, -0.05) is 6.07 Å². The molecule has 3 rings (SSSR count). The summed E-state index contributed by atoms with van der Waals surface area (Å²) in [6, 6.07) is 5.46. The molecule has 3 heterocycles. The van der Waals surface area contributed by atoms with Gasteiger partial charge in [0.25, 0.3) is 0 Å². The molecular weight excluding hydrogens is 265 g/mol. The van der Waals surface area contributed by atoms with Crippen LogP contribution in [0.2, 0.25) is 0 Å². The fourth-order valence-electron chi connectivity index (χ4n) is 1.61. The Morgan fingerprint density at radius 1 is 1.22 bits per heavy atom. The highest BCUT2D eigenvalue weighted by atomic mass is 32.1. The minimum atomic E-state index is -4.42. The van der Waals surface area contributed by atoms with Crippen LogP contribution >= 0.6 is 11.3 Å². The maximum atomic E-state index is 12.8. The molecule has 0 saturated carbocycles. The maximum absolute atomic E-state index is 12.8. The Hall–Kier alpha value is -1.96. The van der Waals surface area contributed by atoms with Crippen molar-refractivity contribution >= 4 is 17.0 Å². The third-order valence-corrected chi connectivity index (χ3v) is 3.29. The molecule has 3 aromatic heterocycles. The van der Waals surface area contributed by atoms with E-state index in [0.717, 1.165) is 12.1 Å². The zero-order chi connectivity index (χ0) is 12.8. The van der Waals surface area contributed by atoms with Gasteiger partial charge in [0.2, 0.25) is 0 Å². The van der Waals surface area contributed by atoms with Gasteiger partial charge in [-0.25, -0.2) is 0 Å². The number of thiophene rings is 1. The third kappa shape index (κ3) is 1.74. The molecule has 0 radical (unpaired) electrons. The van der Waals surface area contributed by atoms with Crippen molar-refractivity contribution < 1.29 is 13.2 Å². The number of halogens is 3. The highest BCUT2D eigenvalue weighted by molar-refractivity contribution is 7.13. The predicted molar refractivity (Wildman–Crippen MR) is 59.1 cm³/mol. The molecule has 18 heavy (non-hydrogen) atoms. The molecule has 0 N–H and O–H groups in total. The number of tetrazole rings is 1. The smallest absolute Gasteiger partial charge is 0.192 e. The van der Waals surface area contributed by atoms with E-state index in [9.17, 15) is 13.2 Å². The van der Waals surface area contributed by atoms with Crippen molar-refractivity contribution in [1.29, 1.82) is 0 Å². The monoisotopic (exact) mass is 270 g/mol. The Labute approximate surface area is 103 Å². The van der Waals surface area contributed by atoms with Crippen molar-refractivity contribution in [3.8, 4) is 10.6 Å². The lowest BCUT2D eigenvalue weighted by Gasteiger charge is -2.08. The van der Waals surface area contributed by atoms with Crippen LogP contribution in [0.5, 0.6) is 0 Å². The van der Waals surface area contributed by atoms with E-state index < -0.39 is 11.7 Å². The van der Waals surface area contributed by atoms with Crippen molar-refractivity contribution in [3.05, 3.63) is 35.2 Å². The van der Waals surface area contributed by atoms with Gasteiger partial charge in [0.05, 0.1) is 16.1 Å². The van der Waals surface area contributed by atoms with E-state index in [4.69, 9.17) is 0 Å². The number of alkyl halides is 3. The van der Waals surface area contributed by atoms with Gasteiger partial charge in [-0.2, -0.15) is 17.7 Å². The van der Waals surface area contributed by atoms with Crippen LogP contribution in [0.1, 0.15) is 5.56 Å². The first-order chi connectivity index (χ1) is 8.55. The summed E-state index contributed by atoms with van der Waals surface area (Å²) < 4.78 is 39.6. The maximum Gasteiger partial charge on any atom is 0.416 e. The van der Waals surface area contributed by atoms with Crippen LogP contribution < -0.4 is 0 Å². The van der Waals surface area contributed by atoms with E-state index in [2.05, 4.69) is 15.5 Å². The van der Waals surface area contributed by atoms with Crippen molar-refractivity contribution in [2.45, 2.75) is 6.18 Å². The molecule has 92 valence electrons. The summed E-state index contributed by atoms with van der Waals surface area (Å²) in [6.07, 6.45) is -4.42. The molecule has 0 fully saturated rings. The molecule has 0 saturated heterocycles. The summed E-state index contributed by atoms with van der Waals surface area (Å²) in [5.74, 6) is 0. The van der Waals surface area contributed by atoms with Crippen molar-refractivity contribution in [2.24, 2.45) is 0 Å². The molecule has 0 bridgehead atoms. The Balaban J connectivity index is 2.32. The van der Waals surface area contributed by atoms with Crippen LogP contribution in [0.3, 0.4) is 0 Å². The Bertz CT molecular complexity index is 687. The van der Waals surface area contributed by atoms with E-state index in [1.165, 1.54) is 15.9 Å². The first-order valence-corrected chi connectivity index (χ1v) is 5.77. The lowest BCUT2D eigenvalue weighted by molar-refractivity contribution is -0.137. The number of fused-ring (bicyclic) bond motifs is 1. The summed E-state index contributed by atoms with van der Waals surface area (Å²) in [4.78, 5) is 0.679. The molecule has 0 atom stereocenters. The minimum absolute atomic E-state index is 0.0771. The number of pyridine rings is 1. The molecular formula is C10H5F3N4S. The zero-order valence-corrected chi connectivity index (χ0v) is 9.53. The van der Waals surface area contributed by atoms with Gasteiger partial charge in [0, 0.05) is 0 Å². The highest BCUT2D eigenvalue weighted by Gasteiger charge is 2.32. The first-order valence-electron chi connectivity index (χ1n) is 4.89. The number of hydrogen-bond acceptors (Lipinski definition) is 4. The summed E-state index contributed by atoms with van der Waals surface area (Å²) in [7, 11) is 0. The standard InChI is InChI=1S/C10H5F3N4S/c11-10(12,13)6-4-7(8-2-1-3-18-8)17-9(5-6)14-15-16-17/h1-5H. The lowest BCUT2D eigenvalue weighted by Crippen LogP contribution is -2.07. The second-order valence-electron chi connectivity index (χ2n) is 3.55. The number of nitrogens with zero attached hydrogens (tertiary/aromatic N) is 4. The summed E-state index contributed by atoms with van der Waals surface area (Å²) >= 11 is 1.33. The molecule has 0 amide bonds. The van der Waals surface area contributed by atoms with Gasteiger partial charge in [0.1, 0.15) is 0 Å².